The van der Waals surface area contributed by atoms with Crippen molar-refractivity contribution in [2.45, 2.75) is 38.7 Å². The number of nitrogens with zero attached hydrogens (tertiary/aromatic N) is 2. The van der Waals surface area contributed by atoms with Gasteiger partial charge in [0.1, 0.15) is 12.4 Å². The van der Waals surface area contributed by atoms with Gasteiger partial charge in [-0.1, -0.05) is 0 Å². The summed E-state index contributed by atoms with van der Waals surface area (Å²) in [5.74, 6) is -3.59. The molecular formula is C17H18ClF6N3O. The summed E-state index contributed by atoms with van der Waals surface area (Å²) in [7, 11) is 1.65. The minimum Gasteiger partial charge on any atom is -0.473 e. The minimum atomic E-state index is -4.37. The third-order valence-electron chi connectivity index (χ3n) is 4.52. The molecule has 0 saturated heterocycles. The molecule has 0 unspecified atom stereocenters. The lowest BCUT2D eigenvalue weighted by atomic mass is 10.1. The van der Waals surface area contributed by atoms with E-state index in [0.29, 0.717) is 24.4 Å². The van der Waals surface area contributed by atoms with Crippen LogP contribution in [-0.2, 0) is 19.7 Å². The lowest BCUT2D eigenvalue weighted by Crippen LogP contribution is -2.30. The normalized spacial score (nSPS) is 15.2. The third kappa shape index (κ3) is 4.54. The Hall–Kier alpha value is -1.94. The molecule has 1 aromatic carbocycles. The summed E-state index contributed by atoms with van der Waals surface area (Å²) in [5, 5.41) is 6.93. The third-order valence-corrected chi connectivity index (χ3v) is 4.52. The first-order valence-electron chi connectivity index (χ1n) is 8.19. The molecule has 1 aliphatic carbocycles. The number of aromatic nitrogens is 2. The first kappa shape index (κ1) is 22.4. The number of alkyl halides is 3. The zero-order chi connectivity index (χ0) is 19.8. The van der Waals surface area contributed by atoms with Crippen LogP contribution in [0.4, 0.5) is 26.3 Å². The molecular weight excluding hydrogens is 412 g/mol. The highest BCUT2D eigenvalue weighted by atomic mass is 35.5. The minimum absolute atomic E-state index is 0. The predicted octanol–water partition coefficient (Wildman–Crippen LogP) is 4.36. The molecule has 28 heavy (non-hydrogen) atoms. The van der Waals surface area contributed by atoms with Crippen molar-refractivity contribution in [2.24, 2.45) is 5.41 Å². The van der Waals surface area contributed by atoms with Gasteiger partial charge in [-0.05, 0) is 26.0 Å². The van der Waals surface area contributed by atoms with Gasteiger partial charge in [-0.3, -0.25) is 0 Å². The zero-order valence-corrected chi connectivity index (χ0v) is 15.6. The van der Waals surface area contributed by atoms with Crippen molar-refractivity contribution >= 4 is 12.4 Å². The van der Waals surface area contributed by atoms with E-state index >= 15 is 0 Å². The average molecular weight is 430 g/mol. The molecule has 2 aromatic rings. The number of rotatable bonds is 7. The molecule has 0 bridgehead atoms. The van der Waals surface area contributed by atoms with Gasteiger partial charge in [-0.15, -0.1) is 12.4 Å². The maximum Gasteiger partial charge on any atom is 0.396 e. The average Bonchev–Trinajstić information content (AvgIpc) is 3.27. The molecule has 1 aliphatic rings. The van der Waals surface area contributed by atoms with Crippen molar-refractivity contribution in [3.05, 3.63) is 46.9 Å². The maximum atomic E-state index is 13.7. The van der Waals surface area contributed by atoms with Crippen LogP contribution in [-0.4, -0.2) is 23.0 Å². The number of halogens is 7. The predicted molar refractivity (Wildman–Crippen MR) is 90.6 cm³/mol. The Balaban J connectivity index is 0.00000280. The van der Waals surface area contributed by atoms with E-state index in [4.69, 9.17) is 4.74 Å². The van der Waals surface area contributed by atoms with E-state index in [1.54, 1.807) is 7.05 Å². The number of ether oxygens (including phenoxy) is 1. The van der Waals surface area contributed by atoms with Crippen LogP contribution in [0.25, 0.3) is 0 Å². The Bertz CT molecular complexity index is 835. The molecule has 1 fully saturated rings. The van der Waals surface area contributed by atoms with Crippen LogP contribution >= 0.6 is 12.4 Å². The number of hydrogen-bond donors (Lipinski definition) is 1. The Kier molecular flexibility index (Phi) is 6.55. The molecule has 0 amide bonds. The fourth-order valence-corrected chi connectivity index (χ4v) is 2.74. The smallest absolute Gasteiger partial charge is 0.396 e. The SMILES string of the molecule is CNCc1cc(OCc2cc(F)c(F)cc2F)n(CC2(C(F)(F)F)CC2)n1.Cl. The van der Waals surface area contributed by atoms with Crippen LogP contribution in [0.1, 0.15) is 24.1 Å². The zero-order valence-electron chi connectivity index (χ0n) is 14.7. The Morgan fingerprint density at radius 2 is 1.75 bits per heavy atom. The molecule has 3 rings (SSSR count). The molecule has 0 radical (unpaired) electrons. The second-order valence-corrected chi connectivity index (χ2v) is 6.59. The molecule has 11 heteroatoms. The highest BCUT2D eigenvalue weighted by Gasteiger charge is 2.63. The molecule has 0 spiro atoms. The summed E-state index contributed by atoms with van der Waals surface area (Å²) >= 11 is 0. The van der Waals surface area contributed by atoms with E-state index in [0.717, 1.165) is 4.68 Å². The Morgan fingerprint density at radius 3 is 2.32 bits per heavy atom. The topological polar surface area (TPSA) is 39.1 Å². The van der Waals surface area contributed by atoms with Gasteiger partial charge < -0.3 is 10.1 Å². The summed E-state index contributed by atoms with van der Waals surface area (Å²) in [5.41, 5.74) is -1.66. The maximum absolute atomic E-state index is 13.7. The first-order valence-corrected chi connectivity index (χ1v) is 8.19. The largest absolute Gasteiger partial charge is 0.473 e. The number of hydrogen-bond acceptors (Lipinski definition) is 3. The highest BCUT2D eigenvalue weighted by molar-refractivity contribution is 5.85. The van der Waals surface area contributed by atoms with Gasteiger partial charge in [0, 0.05) is 24.2 Å². The van der Waals surface area contributed by atoms with Gasteiger partial charge in [-0.25, -0.2) is 17.9 Å². The Labute approximate surface area is 163 Å². The van der Waals surface area contributed by atoms with Crippen LogP contribution in [0.15, 0.2) is 18.2 Å². The van der Waals surface area contributed by atoms with Crippen LogP contribution < -0.4 is 10.1 Å². The molecule has 1 N–H and O–H groups in total. The van der Waals surface area contributed by atoms with Crippen LogP contribution in [0, 0.1) is 22.9 Å². The van der Waals surface area contributed by atoms with Gasteiger partial charge in [0.05, 0.1) is 17.7 Å². The lowest BCUT2D eigenvalue weighted by Gasteiger charge is -2.20. The second-order valence-electron chi connectivity index (χ2n) is 6.59. The molecule has 4 nitrogen and oxygen atoms in total. The van der Waals surface area contributed by atoms with Crippen molar-refractivity contribution in [1.82, 2.24) is 15.1 Å². The standard InChI is InChI=1S/C17H17F6N3O.ClH/c1-24-7-11-5-15(26(25-11)9-16(2-3-16)17(21,22)23)27-8-10-4-13(19)14(20)6-12(10)18;/h4-6,24H,2-3,7-9H2,1H3;1H. The lowest BCUT2D eigenvalue weighted by molar-refractivity contribution is -0.191. The highest BCUT2D eigenvalue weighted by Crippen LogP contribution is 2.58. The molecule has 0 atom stereocenters. The van der Waals surface area contributed by atoms with Gasteiger partial charge in [0.25, 0.3) is 0 Å². The van der Waals surface area contributed by atoms with Crippen molar-refractivity contribution < 1.29 is 31.1 Å². The van der Waals surface area contributed by atoms with Crippen LogP contribution in [0.5, 0.6) is 5.88 Å². The van der Waals surface area contributed by atoms with Gasteiger partial charge in [0.2, 0.25) is 5.88 Å². The molecule has 1 aromatic heterocycles. The van der Waals surface area contributed by atoms with E-state index in [-0.39, 0.29) is 36.7 Å². The van der Waals surface area contributed by atoms with E-state index in [1.807, 2.05) is 0 Å². The van der Waals surface area contributed by atoms with E-state index in [2.05, 4.69) is 10.4 Å². The monoisotopic (exact) mass is 429 g/mol. The van der Waals surface area contributed by atoms with Crippen molar-refractivity contribution in [3.8, 4) is 5.88 Å². The second kappa shape index (κ2) is 8.20. The van der Waals surface area contributed by atoms with Gasteiger partial charge in [0.15, 0.2) is 11.6 Å². The van der Waals surface area contributed by atoms with Crippen LogP contribution in [0.3, 0.4) is 0 Å². The molecule has 1 saturated carbocycles. The number of benzene rings is 1. The van der Waals surface area contributed by atoms with E-state index in [9.17, 15) is 26.3 Å². The molecule has 1 heterocycles. The Morgan fingerprint density at radius 1 is 1.11 bits per heavy atom. The summed E-state index contributed by atoms with van der Waals surface area (Å²) < 4.78 is 86.2. The van der Waals surface area contributed by atoms with Crippen molar-refractivity contribution in [2.75, 3.05) is 7.05 Å². The first-order chi connectivity index (χ1) is 12.6. The summed E-state index contributed by atoms with van der Waals surface area (Å²) in [6, 6.07) is 2.47. The van der Waals surface area contributed by atoms with E-state index in [1.165, 1.54) is 6.07 Å². The number of nitrogens with one attached hydrogen (secondary N) is 1. The summed E-state index contributed by atoms with van der Waals surface area (Å²) in [6.45, 7) is -0.607. The van der Waals surface area contributed by atoms with E-state index < -0.39 is 42.2 Å². The van der Waals surface area contributed by atoms with Gasteiger partial charge in [-0.2, -0.15) is 18.3 Å². The van der Waals surface area contributed by atoms with Crippen molar-refractivity contribution in [3.63, 3.8) is 0 Å². The summed E-state index contributed by atoms with van der Waals surface area (Å²) in [4.78, 5) is 0. The fourth-order valence-electron chi connectivity index (χ4n) is 2.74. The van der Waals surface area contributed by atoms with Crippen molar-refractivity contribution in [1.29, 1.82) is 0 Å². The fraction of sp³-hybridized carbons (Fsp3) is 0.471. The molecule has 156 valence electrons. The summed E-state index contributed by atoms with van der Waals surface area (Å²) in [6.07, 6.45) is -4.38. The quantitative estimate of drug-likeness (QED) is 0.525. The van der Waals surface area contributed by atoms with Crippen LogP contribution in [0.2, 0.25) is 0 Å². The molecule has 0 aliphatic heterocycles. The van der Waals surface area contributed by atoms with Gasteiger partial charge >= 0.3 is 6.18 Å².